The number of aryl methyl sites for hydroxylation is 1. The number of nitrogens with zero attached hydrogens (tertiary/aromatic N) is 3. The molecule has 0 unspecified atom stereocenters. The highest BCUT2D eigenvalue weighted by molar-refractivity contribution is 5.68. The second kappa shape index (κ2) is 5.45. The number of hydrogen-bond acceptors (Lipinski definition) is 5. The van der Waals surface area contributed by atoms with Crippen LogP contribution in [0.5, 0.6) is 0 Å². The van der Waals surface area contributed by atoms with E-state index in [4.69, 9.17) is 9.63 Å². The molecule has 0 bridgehead atoms. The molecule has 6 heteroatoms. The summed E-state index contributed by atoms with van der Waals surface area (Å²) in [5.41, 5.74) is 0. The third-order valence-electron chi connectivity index (χ3n) is 1.79. The molecule has 15 heavy (non-hydrogen) atoms. The summed E-state index contributed by atoms with van der Waals surface area (Å²) in [5.74, 6) is 0.268. The quantitative estimate of drug-likeness (QED) is 0.742. The van der Waals surface area contributed by atoms with E-state index in [0.717, 1.165) is 12.8 Å². The van der Waals surface area contributed by atoms with Crippen LogP contribution in [-0.4, -0.2) is 39.7 Å². The van der Waals surface area contributed by atoms with E-state index in [1.54, 1.807) is 11.9 Å². The van der Waals surface area contributed by atoms with Crippen LogP contribution in [0.2, 0.25) is 0 Å². The lowest BCUT2D eigenvalue weighted by Gasteiger charge is -2.09. The van der Waals surface area contributed by atoms with Crippen LogP contribution in [0.25, 0.3) is 0 Å². The topological polar surface area (TPSA) is 79.5 Å². The van der Waals surface area contributed by atoms with Crippen molar-refractivity contribution in [3.05, 3.63) is 11.7 Å². The first kappa shape index (κ1) is 11.6. The van der Waals surface area contributed by atoms with Gasteiger partial charge < -0.3 is 9.63 Å². The van der Waals surface area contributed by atoms with Crippen LogP contribution in [0, 0.1) is 0 Å². The molecule has 0 saturated carbocycles. The highest BCUT2D eigenvalue weighted by Gasteiger charge is 2.10. The Kier molecular flexibility index (Phi) is 4.23. The normalized spacial score (nSPS) is 10.9. The van der Waals surface area contributed by atoms with Gasteiger partial charge in [0.25, 0.3) is 0 Å². The molecule has 6 nitrogen and oxygen atoms in total. The minimum Gasteiger partial charge on any atom is -0.480 e. The van der Waals surface area contributed by atoms with Gasteiger partial charge >= 0.3 is 5.97 Å². The van der Waals surface area contributed by atoms with Crippen molar-refractivity contribution in [1.29, 1.82) is 0 Å². The van der Waals surface area contributed by atoms with Crippen LogP contribution in [0.1, 0.15) is 25.1 Å². The first-order valence-electron chi connectivity index (χ1n) is 4.83. The zero-order valence-electron chi connectivity index (χ0n) is 8.93. The molecule has 0 aliphatic rings. The Balaban J connectivity index is 2.45. The molecule has 1 N–H and O–H groups in total. The van der Waals surface area contributed by atoms with E-state index in [-0.39, 0.29) is 6.54 Å². The minimum atomic E-state index is -0.870. The van der Waals surface area contributed by atoms with Gasteiger partial charge in [0.1, 0.15) is 0 Å². The van der Waals surface area contributed by atoms with Gasteiger partial charge in [0, 0.05) is 6.42 Å². The Morgan fingerprint density at radius 1 is 1.60 bits per heavy atom. The second-order valence-corrected chi connectivity index (χ2v) is 3.42. The fourth-order valence-electron chi connectivity index (χ4n) is 1.20. The van der Waals surface area contributed by atoms with Gasteiger partial charge in [-0.1, -0.05) is 12.1 Å². The maximum absolute atomic E-state index is 10.4. The highest BCUT2D eigenvalue weighted by atomic mass is 16.5. The van der Waals surface area contributed by atoms with Gasteiger partial charge in [-0.25, -0.2) is 0 Å². The lowest BCUT2D eigenvalue weighted by molar-refractivity contribution is -0.138. The first-order chi connectivity index (χ1) is 7.11. The van der Waals surface area contributed by atoms with Crippen LogP contribution in [0.4, 0.5) is 0 Å². The number of carboxylic acid groups (broad SMARTS) is 1. The number of rotatable bonds is 6. The summed E-state index contributed by atoms with van der Waals surface area (Å²) >= 11 is 0. The van der Waals surface area contributed by atoms with E-state index in [1.165, 1.54) is 0 Å². The maximum atomic E-state index is 10.4. The SMILES string of the molecule is CCCc1noc(CN(C)CC(=O)O)n1. The molecule has 0 saturated heterocycles. The summed E-state index contributed by atoms with van der Waals surface area (Å²) in [6.45, 7) is 2.36. The molecule has 84 valence electrons. The fraction of sp³-hybridized carbons (Fsp3) is 0.667. The van der Waals surface area contributed by atoms with E-state index in [2.05, 4.69) is 10.1 Å². The lowest BCUT2D eigenvalue weighted by Crippen LogP contribution is -2.25. The summed E-state index contributed by atoms with van der Waals surface area (Å²) in [5, 5.41) is 12.3. The molecule has 0 aliphatic carbocycles. The van der Waals surface area contributed by atoms with E-state index >= 15 is 0 Å². The molecular weight excluding hydrogens is 198 g/mol. The molecular formula is C9H15N3O3. The Labute approximate surface area is 87.9 Å². The van der Waals surface area contributed by atoms with E-state index < -0.39 is 5.97 Å². The largest absolute Gasteiger partial charge is 0.480 e. The van der Waals surface area contributed by atoms with Crippen LogP contribution < -0.4 is 0 Å². The summed E-state index contributed by atoms with van der Waals surface area (Å²) in [6, 6.07) is 0. The third-order valence-corrected chi connectivity index (χ3v) is 1.79. The van der Waals surface area contributed by atoms with Gasteiger partial charge in [0.2, 0.25) is 5.89 Å². The van der Waals surface area contributed by atoms with Gasteiger partial charge in [0.15, 0.2) is 5.82 Å². The molecule has 1 rings (SSSR count). The molecule has 1 aromatic heterocycles. The van der Waals surface area contributed by atoms with Gasteiger partial charge in [-0.15, -0.1) is 0 Å². The second-order valence-electron chi connectivity index (χ2n) is 3.42. The summed E-state index contributed by atoms with van der Waals surface area (Å²) in [6.07, 6.45) is 1.75. The zero-order valence-corrected chi connectivity index (χ0v) is 8.93. The van der Waals surface area contributed by atoms with Crippen molar-refractivity contribution >= 4 is 5.97 Å². The Morgan fingerprint density at radius 3 is 2.93 bits per heavy atom. The Morgan fingerprint density at radius 2 is 2.33 bits per heavy atom. The van der Waals surface area contributed by atoms with Crippen LogP contribution >= 0.6 is 0 Å². The maximum Gasteiger partial charge on any atom is 0.317 e. The average Bonchev–Trinajstić information content (AvgIpc) is 2.51. The van der Waals surface area contributed by atoms with Crippen molar-refractivity contribution in [3.63, 3.8) is 0 Å². The van der Waals surface area contributed by atoms with E-state index in [1.807, 2.05) is 6.92 Å². The molecule has 0 aromatic carbocycles. The Bertz CT molecular complexity index is 324. The van der Waals surface area contributed by atoms with Crippen LogP contribution in [0.15, 0.2) is 4.52 Å². The first-order valence-corrected chi connectivity index (χ1v) is 4.83. The van der Waals surface area contributed by atoms with Crippen molar-refractivity contribution in [1.82, 2.24) is 15.0 Å². The molecule has 0 spiro atoms. The number of carboxylic acids is 1. The highest BCUT2D eigenvalue weighted by Crippen LogP contribution is 2.02. The van der Waals surface area contributed by atoms with Gasteiger partial charge in [-0.3, -0.25) is 9.69 Å². The van der Waals surface area contributed by atoms with Crippen molar-refractivity contribution in [2.45, 2.75) is 26.3 Å². The Hall–Kier alpha value is -1.43. The number of hydrogen-bond donors (Lipinski definition) is 1. The van der Waals surface area contributed by atoms with E-state index in [0.29, 0.717) is 18.3 Å². The zero-order chi connectivity index (χ0) is 11.3. The minimum absolute atomic E-state index is 0.0362. The fourth-order valence-corrected chi connectivity index (χ4v) is 1.20. The number of aromatic nitrogens is 2. The number of aliphatic carboxylic acids is 1. The summed E-state index contributed by atoms with van der Waals surface area (Å²) in [7, 11) is 1.69. The third kappa shape index (κ3) is 4.07. The molecule has 0 radical (unpaired) electrons. The molecule has 0 atom stereocenters. The predicted molar refractivity (Wildman–Crippen MR) is 52.3 cm³/mol. The monoisotopic (exact) mass is 213 g/mol. The predicted octanol–water partition coefficient (Wildman–Crippen LogP) is 0.538. The molecule has 0 aliphatic heterocycles. The molecule has 0 amide bonds. The van der Waals surface area contributed by atoms with Crippen LogP contribution in [0.3, 0.4) is 0 Å². The molecule has 0 fully saturated rings. The summed E-state index contributed by atoms with van der Waals surface area (Å²) in [4.78, 5) is 16.1. The number of likely N-dealkylation sites (N-methyl/N-ethyl adjacent to an activating group) is 1. The van der Waals surface area contributed by atoms with Gasteiger partial charge in [-0.2, -0.15) is 4.98 Å². The van der Waals surface area contributed by atoms with Crippen LogP contribution in [-0.2, 0) is 17.8 Å². The molecule has 1 aromatic rings. The van der Waals surface area contributed by atoms with Gasteiger partial charge in [0.05, 0.1) is 13.1 Å². The summed E-state index contributed by atoms with van der Waals surface area (Å²) < 4.78 is 4.97. The lowest BCUT2D eigenvalue weighted by atomic mass is 10.3. The van der Waals surface area contributed by atoms with Gasteiger partial charge in [-0.05, 0) is 13.5 Å². The van der Waals surface area contributed by atoms with Crippen molar-refractivity contribution in [2.75, 3.05) is 13.6 Å². The van der Waals surface area contributed by atoms with Crippen molar-refractivity contribution < 1.29 is 14.4 Å². The van der Waals surface area contributed by atoms with Crippen molar-refractivity contribution in [2.24, 2.45) is 0 Å². The number of carbonyl (C=O) groups is 1. The smallest absolute Gasteiger partial charge is 0.317 e. The average molecular weight is 213 g/mol. The van der Waals surface area contributed by atoms with Crippen molar-refractivity contribution in [3.8, 4) is 0 Å². The van der Waals surface area contributed by atoms with E-state index in [9.17, 15) is 4.79 Å². The molecule has 1 heterocycles. The standard InChI is InChI=1S/C9H15N3O3/c1-3-4-7-10-8(15-11-7)5-12(2)6-9(13)14/h3-6H2,1-2H3,(H,13,14).